The molecule has 0 aliphatic heterocycles. The Balaban J connectivity index is 1.97. The van der Waals surface area contributed by atoms with Gasteiger partial charge in [0.25, 0.3) is 0 Å². The summed E-state index contributed by atoms with van der Waals surface area (Å²) in [4.78, 5) is 1.19. The second-order valence-corrected chi connectivity index (χ2v) is 5.64. The van der Waals surface area contributed by atoms with Crippen molar-refractivity contribution in [2.75, 3.05) is 5.01 Å². The van der Waals surface area contributed by atoms with Gasteiger partial charge in [0.15, 0.2) is 0 Å². The first-order chi connectivity index (χ1) is 10.3. The zero-order valence-corrected chi connectivity index (χ0v) is 12.6. The predicted molar refractivity (Wildman–Crippen MR) is 91.7 cm³/mol. The van der Waals surface area contributed by atoms with Crippen LogP contribution in [0.3, 0.4) is 0 Å². The third-order valence-corrected chi connectivity index (χ3v) is 4.15. The van der Waals surface area contributed by atoms with E-state index >= 15 is 0 Å². The summed E-state index contributed by atoms with van der Waals surface area (Å²) in [5.41, 5.74) is 3.35. The minimum Gasteiger partial charge on any atom is -0.234 e. The summed E-state index contributed by atoms with van der Waals surface area (Å²) in [5.74, 6) is 0. The molecule has 0 bridgehead atoms. The zero-order chi connectivity index (χ0) is 14.5. The number of hydrogen-bond donors (Lipinski definition) is 0. The number of hydrogen-bond acceptors (Lipinski definition) is 3. The van der Waals surface area contributed by atoms with Crippen molar-refractivity contribution in [3.05, 3.63) is 82.6 Å². The number of hydrazone groups is 1. The van der Waals surface area contributed by atoms with E-state index in [4.69, 9.17) is 0 Å². The molecule has 0 saturated heterocycles. The number of nitrogens with zero attached hydrogens (tertiary/aromatic N) is 2. The number of thiophene rings is 1. The number of rotatable bonds is 4. The molecule has 0 unspecified atom stereocenters. The van der Waals surface area contributed by atoms with E-state index in [-0.39, 0.29) is 0 Å². The summed E-state index contributed by atoms with van der Waals surface area (Å²) in [6.45, 7) is 2.10. The molecule has 1 aromatic heterocycles. The topological polar surface area (TPSA) is 15.6 Å². The van der Waals surface area contributed by atoms with E-state index in [0.717, 1.165) is 11.4 Å². The molecular formula is C18H16N2S. The van der Waals surface area contributed by atoms with Gasteiger partial charge >= 0.3 is 0 Å². The fraction of sp³-hybridized carbons (Fsp3) is 0.0556. The molecule has 0 atom stereocenters. The maximum Gasteiger partial charge on any atom is 0.0653 e. The molecule has 1 heterocycles. The number of aryl methyl sites for hydroxylation is 1. The minimum absolute atomic E-state index is 1.05. The van der Waals surface area contributed by atoms with Crippen LogP contribution < -0.4 is 5.01 Å². The molecule has 104 valence electrons. The lowest BCUT2D eigenvalue weighted by atomic mass is 10.2. The molecular weight excluding hydrogens is 276 g/mol. The lowest BCUT2D eigenvalue weighted by Crippen LogP contribution is -2.09. The first kappa shape index (κ1) is 13.6. The van der Waals surface area contributed by atoms with E-state index in [1.807, 2.05) is 47.6 Å². The van der Waals surface area contributed by atoms with Gasteiger partial charge in [-0.05, 0) is 48.2 Å². The second kappa shape index (κ2) is 6.37. The maximum atomic E-state index is 4.69. The SMILES string of the molecule is Cc1ccsc1/C=N\N(c1ccccc1)c1ccccc1. The molecule has 2 nitrogen and oxygen atoms in total. The Bertz CT molecular complexity index is 678. The van der Waals surface area contributed by atoms with Crippen molar-refractivity contribution in [2.24, 2.45) is 5.10 Å². The van der Waals surface area contributed by atoms with E-state index in [2.05, 4.69) is 47.7 Å². The summed E-state index contributed by atoms with van der Waals surface area (Å²) in [6.07, 6.45) is 1.93. The van der Waals surface area contributed by atoms with Crippen molar-refractivity contribution in [1.29, 1.82) is 0 Å². The predicted octanol–water partition coefficient (Wildman–Crippen LogP) is 5.23. The fourth-order valence-electron chi connectivity index (χ4n) is 2.05. The second-order valence-electron chi connectivity index (χ2n) is 4.70. The fourth-order valence-corrected chi connectivity index (χ4v) is 2.83. The van der Waals surface area contributed by atoms with Crippen molar-refractivity contribution in [3.63, 3.8) is 0 Å². The molecule has 0 radical (unpaired) electrons. The monoisotopic (exact) mass is 292 g/mol. The van der Waals surface area contributed by atoms with Crippen LogP contribution in [-0.4, -0.2) is 6.21 Å². The van der Waals surface area contributed by atoms with Crippen molar-refractivity contribution in [1.82, 2.24) is 0 Å². The Hall–Kier alpha value is -2.39. The largest absolute Gasteiger partial charge is 0.234 e. The molecule has 3 rings (SSSR count). The first-order valence-electron chi connectivity index (χ1n) is 6.83. The number of benzene rings is 2. The molecule has 21 heavy (non-hydrogen) atoms. The molecule has 0 aliphatic carbocycles. The van der Waals surface area contributed by atoms with Crippen LogP contribution in [0.25, 0.3) is 0 Å². The highest BCUT2D eigenvalue weighted by Crippen LogP contribution is 2.25. The molecule has 2 aromatic carbocycles. The molecule has 0 N–H and O–H groups in total. The molecule has 0 amide bonds. The van der Waals surface area contributed by atoms with E-state index in [9.17, 15) is 0 Å². The van der Waals surface area contributed by atoms with Gasteiger partial charge in [0.05, 0.1) is 22.5 Å². The van der Waals surface area contributed by atoms with E-state index < -0.39 is 0 Å². The van der Waals surface area contributed by atoms with Gasteiger partial charge in [-0.3, -0.25) is 0 Å². The highest BCUT2D eigenvalue weighted by molar-refractivity contribution is 7.11. The van der Waals surface area contributed by atoms with Crippen molar-refractivity contribution in [2.45, 2.75) is 6.92 Å². The smallest absolute Gasteiger partial charge is 0.0653 e. The molecule has 0 fully saturated rings. The molecule has 3 aromatic rings. The Morgan fingerprint density at radius 1 is 0.857 bits per heavy atom. The van der Waals surface area contributed by atoms with Gasteiger partial charge in [0, 0.05) is 0 Å². The van der Waals surface area contributed by atoms with Crippen LogP contribution in [0.4, 0.5) is 11.4 Å². The van der Waals surface area contributed by atoms with Crippen LogP contribution >= 0.6 is 11.3 Å². The van der Waals surface area contributed by atoms with Gasteiger partial charge in [0.1, 0.15) is 0 Å². The molecule has 3 heteroatoms. The summed E-state index contributed by atoms with van der Waals surface area (Å²) in [5, 5.41) is 8.73. The van der Waals surface area contributed by atoms with Gasteiger partial charge in [-0.1, -0.05) is 36.4 Å². The Kier molecular flexibility index (Phi) is 4.12. The van der Waals surface area contributed by atoms with Crippen LogP contribution in [0.5, 0.6) is 0 Å². The van der Waals surface area contributed by atoms with Crippen LogP contribution in [0.2, 0.25) is 0 Å². The molecule has 0 spiro atoms. The summed E-state index contributed by atoms with van der Waals surface area (Å²) in [7, 11) is 0. The Labute approximate surface area is 129 Å². The van der Waals surface area contributed by atoms with E-state index in [1.165, 1.54) is 10.4 Å². The van der Waals surface area contributed by atoms with E-state index in [0.29, 0.717) is 0 Å². The third kappa shape index (κ3) is 3.20. The van der Waals surface area contributed by atoms with Gasteiger partial charge in [0.2, 0.25) is 0 Å². The average molecular weight is 292 g/mol. The average Bonchev–Trinajstić information content (AvgIpc) is 2.95. The highest BCUT2D eigenvalue weighted by Gasteiger charge is 2.06. The van der Waals surface area contributed by atoms with Crippen LogP contribution in [-0.2, 0) is 0 Å². The van der Waals surface area contributed by atoms with Gasteiger partial charge in [-0.2, -0.15) is 5.10 Å². The number of anilines is 2. The van der Waals surface area contributed by atoms with Crippen molar-refractivity contribution >= 4 is 28.9 Å². The summed E-state index contributed by atoms with van der Waals surface area (Å²) >= 11 is 1.71. The van der Waals surface area contributed by atoms with Crippen molar-refractivity contribution < 1.29 is 0 Å². The van der Waals surface area contributed by atoms with Gasteiger partial charge < -0.3 is 0 Å². The van der Waals surface area contributed by atoms with Crippen LogP contribution in [0, 0.1) is 6.92 Å². The first-order valence-corrected chi connectivity index (χ1v) is 7.71. The van der Waals surface area contributed by atoms with Crippen LogP contribution in [0.1, 0.15) is 10.4 Å². The molecule has 0 aliphatic rings. The summed E-state index contributed by atoms with van der Waals surface area (Å²) < 4.78 is 0. The Morgan fingerprint density at radius 2 is 1.43 bits per heavy atom. The normalized spacial score (nSPS) is 10.9. The zero-order valence-electron chi connectivity index (χ0n) is 11.8. The highest BCUT2D eigenvalue weighted by atomic mass is 32.1. The van der Waals surface area contributed by atoms with Crippen LogP contribution in [0.15, 0.2) is 77.2 Å². The number of para-hydroxylation sites is 2. The lowest BCUT2D eigenvalue weighted by Gasteiger charge is -2.19. The van der Waals surface area contributed by atoms with Gasteiger partial charge in [-0.25, -0.2) is 5.01 Å². The molecule has 0 saturated carbocycles. The lowest BCUT2D eigenvalue weighted by molar-refractivity contribution is 1.09. The Morgan fingerprint density at radius 3 is 1.90 bits per heavy atom. The maximum absolute atomic E-state index is 4.69. The minimum atomic E-state index is 1.05. The van der Waals surface area contributed by atoms with Crippen molar-refractivity contribution in [3.8, 4) is 0 Å². The third-order valence-electron chi connectivity index (χ3n) is 3.19. The van der Waals surface area contributed by atoms with Gasteiger partial charge in [-0.15, -0.1) is 11.3 Å². The summed E-state index contributed by atoms with van der Waals surface area (Å²) in [6, 6.07) is 22.5. The van der Waals surface area contributed by atoms with E-state index in [1.54, 1.807) is 11.3 Å². The quantitative estimate of drug-likeness (QED) is 0.475. The standard InChI is InChI=1S/C18H16N2S/c1-15-12-13-21-18(15)14-19-20(16-8-4-2-5-9-16)17-10-6-3-7-11-17/h2-14H,1H3/b19-14-.